The maximum absolute atomic E-state index is 5.90. The van der Waals surface area contributed by atoms with Gasteiger partial charge in [0.05, 0.1) is 6.10 Å². The Bertz CT molecular complexity index is 441. The van der Waals surface area contributed by atoms with Crippen molar-refractivity contribution in [3.05, 3.63) is 24.3 Å². The Morgan fingerprint density at radius 3 is 2.70 bits per heavy atom. The second-order valence-electron chi connectivity index (χ2n) is 7.17. The fraction of sp³-hybridized carbons (Fsp3) is 0.667. The Morgan fingerprint density at radius 2 is 2.10 bits per heavy atom. The number of hydrogen-bond acceptors (Lipinski definition) is 2. The van der Waals surface area contributed by atoms with E-state index in [4.69, 9.17) is 4.74 Å². The summed E-state index contributed by atoms with van der Waals surface area (Å²) in [5, 5.41) is 3.70. The minimum atomic E-state index is 0.273. The molecule has 1 aliphatic rings. The fourth-order valence-corrected chi connectivity index (χ4v) is 3.28. The van der Waals surface area contributed by atoms with E-state index in [-0.39, 0.29) is 6.10 Å². The van der Waals surface area contributed by atoms with Gasteiger partial charge in [-0.05, 0) is 49.7 Å². The van der Waals surface area contributed by atoms with Crippen LogP contribution in [-0.2, 0) is 0 Å². The molecule has 1 aliphatic carbocycles. The highest BCUT2D eigenvalue weighted by molar-refractivity contribution is 5.49. The summed E-state index contributed by atoms with van der Waals surface area (Å²) in [5.74, 6) is 1.69. The van der Waals surface area contributed by atoms with Crippen molar-refractivity contribution in [2.24, 2.45) is 11.3 Å². The maximum Gasteiger partial charge on any atom is 0.121 e. The van der Waals surface area contributed by atoms with Crippen LogP contribution in [0.5, 0.6) is 5.75 Å². The van der Waals surface area contributed by atoms with E-state index in [9.17, 15) is 0 Å². The van der Waals surface area contributed by atoms with Gasteiger partial charge in [-0.25, -0.2) is 0 Å². The Hall–Kier alpha value is -1.18. The lowest BCUT2D eigenvalue weighted by molar-refractivity contribution is 0.217. The molecule has 1 fully saturated rings. The first-order chi connectivity index (χ1) is 9.39. The standard InChI is InChI=1S/C18H29NO/c1-6-14(3)20-16-9-7-8-15(10-16)19-17-12-18(4,5)11-13(17)2/h7-10,13-14,17,19H,6,11-12H2,1-5H3. The van der Waals surface area contributed by atoms with Gasteiger partial charge < -0.3 is 10.1 Å². The molecule has 3 unspecified atom stereocenters. The van der Waals surface area contributed by atoms with Gasteiger partial charge in [0.15, 0.2) is 0 Å². The van der Waals surface area contributed by atoms with E-state index in [0.29, 0.717) is 11.5 Å². The summed E-state index contributed by atoms with van der Waals surface area (Å²) in [5.41, 5.74) is 1.64. The molecule has 0 bridgehead atoms. The monoisotopic (exact) mass is 275 g/mol. The van der Waals surface area contributed by atoms with Crippen molar-refractivity contribution in [3.63, 3.8) is 0 Å². The van der Waals surface area contributed by atoms with E-state index in [1.807, 2.05) is 6.07 Å². The largest absolute Gasteiger partial charge is 0.491 e. The number of ether oxygens (including phenoxy) is 1. The van der Waals surface area contributed by atoms with Gasteiger partial charge in [0.2, 0.25) is 0 Å². The third kappa shape index (κ3) is 3.91. The van der Waals surface area contributed by atoms with Crippen LogP contribution in [-0.4, -0.2) is 12.1 Å². The first kappa shape index (κ1) is 15.2. The van der Waals surface area contributed by atoms with Crippen LogP contribution < -0.4 is 10.1 Å². The average molecular weight is 275 g/mol. The van der Waals surface area contributed by atoms with Crippen molar-refractivity contribution in [2.45, 2.75) is 66.0 Å². The lowest BCUT2D eigenvalue weighted by atomic mass is 9.91. The molecular formula is C18H29NO. The van der Waals surface area contributed by atoms with Gasteiger partial charge in [-0.15, -0.1) is 0 Å². The third-order valence-electron chi connectivity index (χ3n) is 4.43. The molecule has 0 amide bonds. The molecule has 0 spiro atoms. The summed E-state index contributed by atoms with van der Waals surface area (Å²) >= 11 is 0. The first-order valence-electron chi connectivity index (χ1n) is 7.93. The topological polar surface area (TPSA) is 21.3 Å². The highest BCUT2D eigenvalue weighted by Gasteiger charge is 2.36. The second kappa shape index (κ2) is 6.07. The highest BCUT2D eigenvalue weighted by Crippen LogP contribution is 2.42. The van der Waals surface area contributed by atoms with E-state index >= 15 is 0 Å². The summed E-state index contributed by atoms with van der Waals surface area (Å²) in [6, 6.07) is 8.96. The molecule has 3 atom stereocenters. The SMILES string of the molecule is CCC(C)Oc1cccc(NC2CC(C)(C)CC2C)c1. The minimum Gasteiger partial charge on any atom is -0.491 e. The summed E-state index contributed by atoms with van der Waals surface area (Å²) in [6.07, 6.45) is 3.85. The molecule has 2 heteroatoms. The van der Waals surface area contributed by atoms with Crippen LogP contribution in [0, 0.1) is 11.3 Å². The van der Waals surface area contributed by atoms with Crippen molar-refractivity contribution in [1.29, 1.82) is 0 Å². The molecule has 0 aromatic heterocycles. The van der Waals surface area contributed by atoms with Gasteiger partial charge in [-0.1, -0.05) is 33.8 Å². The Labute approximate surface area is 123 Å². The van der Waals surface area contributed by atoms with Gasteiger partial charge in [-0.2, -0.15) is 0 Å². The second-order valence-corrected chi connectivity index (χ2v) is 7.17. The number of benzene rings is 1. The molecule has 0 saturated heterocycles. The van der Waals surface area contributed by atoms with Crippen LogP contribution in [0.3, 0.4) is 0 Å². The molecule has 0 heterocycles. The van der Waals surface area contributed by atoms with Gasteiger partial charge in [0.1, 0.15) is 5.75 Å². The van der Waals surface area contributed by atoms with Gasteiger partial charge in [0.25, 0.3) is 0 Å². The number of anilines is 1. The van der Waals surface area contributed by atoms with Crippen molar-refractivity contribution in [3.8, 4) is 5.75 Å². The molecule has 1 aromatic rings. The fourth-order valence-electron chi connectivity index (χ4n) is 3.28. The van der Waals surface area contributed by atoms with Gasteiger partial charge in [-0.3, -0.25) is 0 Å². The number of rotatable bonds is 5. The molecule has 1 N–H and O–H groups in total. The molecule has 2 rings (SSSR count). The third-order valence-corrected chi connectivity index (χ3v) is 4.43. The Kier molecular flexibility index (Phi) is 4.62. The van der Waals surface area contributed by atoms with Gasteiger partial charge >= 0.3 is 0 Å². The van der Waals surface area contributed by atoms with Crippen molar-refractivity contribution in [2.75, 3.05) is 5.32 Å². The zero-order chi connectivity index (χ0) is 14.8. The average Bonchev–Trinajstić information content (AvgIpc) is 2.62. The maximum atomic E-state index is 5.90. The van der Waals surface area contributed by atoms with E-state index in [1.165, 1.54) is 18.5 Å². The van der Waals surface area contributed by atoms with Crippen molar-refractivity contribution >= 4 is 5.69 Å². The predicted molar refractivity (Wildman–Crippen MR) is 86.4 cm³/mol. The highest BCUT2D eigenvalue weighted by atomic mass is 16.5. The van der Waals surface area contributed by atoms with E-state index in [0.717, 1.165) is 18.1 Å². The van der Waals surface area contributed by atoms with Crippen LogP contribution in [0.4, 0.5) is 5.69 Å². The molecular weight excluding hydrogens is 246 g/mol. The van der Waals surface area contributed by atoms with Crippen LogP contribution in [0.15, 0.2) is 24.3 Å². The zero-order valence-corrected chi connectivity index (χ0v) is 13.6. The van der Waals surface area contributed by atoms with E-state index < -0.39 is 0 Å². The molecule has 0 radical (unpaired) electrons. The number of hydrogen-bond donors (Lipinski definition) is 1. The molecule has 2 nitrogen and oxygen atoms in total. The Morgan fingerprint density at radius 1 is 1.35 bits per heavy atom. The molecule has 0 aliphatic heterocycles. The first-order valence-corrected chi connectivity index (χ1v) is 7.93. The molecule has 20 heavy (non-hydrogen) atoms. The summed E-state index contributed by atoms with van der Waals surface area (Å²) in [4.78, 5) is 0. The van der Waals surface area contributed by atoms with Crippen molar-refractivity contribution in [1.82, 2.24) is 0 Å². The summed E-state index contributed by atoms with van der Waals surface area (Å²) in [6.45, 7) is 11.4. The summed E-state index contributed by atoms with van der Waals surface area (Å²) in [7, 11) is 0. The predicted octanol–water partition coefficient (Wildman–Crippen LogP) is 5.10. The van der Waals surface area contributed by atoms with Crippen molar-refractivity contribution < 1.29 is 4.74 Å². The molecule has 112 valence electrons. The van der Waals surface area contributed by atoms with Gasteiger partial charge in [0, 0.05) is 17.8 Å². The van der Waals surface area contributed by atoms with Crippen LogP contribution in [0.25, 0.3) is 0 Å². The van der Waals surface area contributed by atoms with E-state index in [1.54, 1.807) is 0 Å². The minimum absolute atomic E-state index is 0.273. The normalized spacial score (nSPS) is 26.2. The van der Waals surface area contributed by atoms with E-state index in [2.05, 4.69) is 58.1 Å². The zero-order valence-electron chi connectivity index (χ0n) is 13.6. The summed E-state index contributed by atoms with van der Waals surface area (Å²) < 4.78 is 5.90. The molecule has 1 saturated carbocycles. The van der Waals surface area contributed by atoms with Crippen LogP contribution in [0.2, 0.25) is 0 Å². The molecule has 1 aromatic carbocycles. The number of nitrogens with one attached hydrogen (secondary N) is 1. The quantitative estimate of drug-likeness (QED) is 0.807. The van der Waals surface area contributed by atoms with Crippen LogP contribution >= 0.6 is 0 Å². The lowest BCUT2D eigenvalue weighted by Crippen LogP contribution is -2.22. The van der Waals surface area contributed by atoms with Crippen LogP contribution in [0.1, 0.15) is 53.9 Å². The smallest absolute Gasteiger partial charge is 0.121 e. The Balaban J connectivity index is 2.01. The lowest BCUT2D eigenvalue weighted by Gasteiger charge is -2.20.